The van der Waals surface area contributed by atoms with Gasteiger partial charge in [-0.25, -0.2) is 5.48 Å². The molecule has 0 aliphatic rings. The molecule has 1 N–H and O–H groups in total. The number of nitrogens with one attached hydrogen (secondary N) is 1. The molecular weight excluding hydrogens is 170 g/mol. The summed E-state index contributed by atoms with van der Waals surface area (Å²) in [6.45, 7) is 3.98. The van der Waals surface area contributed by atoms with Crippen molar-refractivity contribution in [3.05, 3.63) is 17.5 Å². The molecule has 1 aromatic heterocycles. The molecular formula is C8H13N3O2. The van der Waals surface area contributed by atoms with Gasteiger partial charge in [0.25, 0.3) is 5.91 Å². The second kappa shape index (κ2) is 4.04. The molecule has 0 radical (unpaired) electrons. The number of carbonyl (C=O) groups is 1. The quantitative estimate of drug-likeness (QED) is 0.680. The van der Waals surface area contributed by atoms with E-state index in [1.807, 2.05) is 19.9 Å². The van der Waals surface area contributed by atoms with Gasteiger partial charge in [-0.2, -0.15) is 5.10 Å². The SMILES string of the molecule is CONC(=O)Cn1nc(C)cc1C. The third-order valence-electron chi connectivity index (χ3n) is 1.61. The Morgan fingerprint density at radius 1 is 1.69 bits per heavy atom. The van der Waals surface area contributed by atoms with E-state index < -0.39 is 0 Å². The average Bonchev–Trinajstić information content (AvgIpc) is 2.30. The molecule has 1 rings (SSSR count). The highest BCUT2D eigenvalue weighted by Gasteiger charge is 2.05. The Labute approximate surface area is 76.6 Å². The van der Waals surface area contributed by atoms with Crippen molar-refractivity contribution in [3.8, 4) is 0 Å². The molecule has 0 spiro atoms. The molecule has 0 saturated carbocycles. The highest BCUT2D eigenvalue weighted by atomic mass is 16.6. The van der Waals surface area contributed by atoms with E-state index in [0.29, 0.717) is 0 Å². The van der Waals surface area contributed by atoms with E-state index in [1.54, 1.807) is 4.68 Å². The Morgan fingerprint density at radius 2 is 2.38 bits per heavy atom. The normalized spacial score (nSPS) is 10.1. The third kappa shape index (κ3) is 2.55. The first-order valence-electron chi connectivity index (χ1n) is 3.96. The summed E-state index contributed by atoms with van der Waals surface area (Å²) in [5.74, 6) is -0.214. The zero-order chi connectivity index (χ0) is 9.84. The minimum absolute atomic E-state index is 0.188. The molecule has 0 bridgehead atoms. The van der Waals surface area contributed by atoms with Crippen LogP contribution in [0.25, 0.3) is 0 Å². The van der Waals surface area contributed by atoms with Gasteiger partial charge in [0.05, 0.1) is 12.8 Å². The Hall–Kier alpha value is -1.36. The molecule has 0 aliphatic heterocycles. The van der Waals surface area contributed by atoms with Gasteiger partial charge in [-0.05, 0) is 19.9 Å². The van der Waals surface area contributed by atoms with Crippen molar-refractivity contribution in [3.63, 3.8) is 0 Å². The van der Waals surface area contributed by atoms with Crippen LogP contribution in [0.2, 0.25) is 0 Å². The van der Waals surface area contributed by atoms with Gasteiger partial charge in [-0.15, -0.1) is 0 Å². The predicted octanol–water partition coefficient (Wildman–Crippen LogP) is 0.178. The number of hydrogen-bond donors (Lipinski definition) is 1. The second-order valence-corrected chi connectivity index (χ2v) is 2.81. The number of hydroxylamine groups is 1. The molecule has 0 fully saturated rings. The van der Waals surface area contributed by atoms with Crippen molar-refractivity contribution in [2.24, 2.45) is 0 Å². The highest BCUT2D eigenvalue weighted by Crippen LogP contribution is 2.00. The van der Waals surface area contributed by atoms with Gasteiger partial charge in [0, 0.05) is 5.69 Å². The molecule has 13 heavy (non-hydrogen) atoms. The standard InChI is InChI=1S/C8H13N3O2/c1-6-4-7(2)11(9-6)5-8(12)10-13-3/h4H,5H2,1-3H3,(H,10,12). The first kappa shape index (κ1) is 9.73. The van der Waals surface area contributed by atoms with E-state index in [9.17, 15) is 4.79 Å². The van der Waals surface area contributed by atoms with Crippen molar-refractivity contribution >= 4 is 5.91 Å². The minimum Gasteiger partial charge on any atom is -0.277 e. The monoisotopic (exact) mass is 183 g/mol. The van der Waals surface area contributed by atoms with Crippen LogP contribution in [0.1, 0.15) is 11.4 Å². The molecule has 5 heteroatoms. The van der Waals surface area contributed by atoms with Crippen molar-refractivity contribution in [1.29, 1.82) is 0 Å². The molecule has 1 heterocycles. The van der Waals surface area contributed by atoms with Crippen LogP contribution in [-0.4, -0.2) is 22.8 Å². The van der Waals surface area contributed by atoms with Crippen molar-refractivity contribution < 1.29 is 9.63 Å². The van der Waals surface area contributed by atoms with Crippen molar-refractivity contribution in [1.82, 2.24) is 15.3 Å². The maximum Gasteiger partial charge on any atom is 0.265 e. The van der Waals surface area contributed by atoms with Crippen LogP contribution in [0.5, 0.6) is 0 Å². The summed E-state index contributed by atoms with van der Waals surface area (Å²) in [6, 6.07) is 1.92. The van der Waals surface area contributed by atoms with Gasteiger partial charge >= 0.3 is 0 Å². The van der Waals surface area contributed by atoms with Crippen LogP contribution in [0, 0.1) is 13.8 Å². The number of carbonyl (C=O) groups excluding carboxylic acids is 1. The fraction of sp³-hybridized carbons (Fsp3) is 0.500. The van der Waals surface area contributed by atoms with Gasteiger partial charge in [-0.1, -0.05) is 0 Å². The van der Waals surface area contributed by atoms with Crippen molar-refractivity contribution in [2.75, 3.05) is 7.11 Å². The third-order valence-corrected chi connectivity index (χ3v) is 1.61. The Bertz CT molecular complexity index is 306. The van der Waals surface area contributed by atoms with Gasteiger partial charge in [-0.3, -0.25) is 14.3 Å². The summed E-state index contributed by atoms with van der Waals surface area (Å²) in [7, 11) is 1.40. The van der Waals surface area contributed by atoms with Gasteiger partial charge < -0.3 is 0 Å². The molecule has 0 atom stereocenters. The lowest BCUT2D eigenvalue weighted by molar-refractivity contribution is -0.132. The fourth-order valence-corrected chi connectivity index (χ4v) is 1.12. The van der Waals surface area contributed by atoms with E-state index in [0.717, 1.165) is 11.4 Å². The summed E-state index contributed by atoms with van der Waals surface area (Å²) in [5, 5.41) is 4.13. The predicted molar refractivity (Wildman–Crippen MR) is 46.9 cm³/mol. The molecule has 1 aromatic rings. The Morgan fingerprint density at radius 3 is 2.85 bits per heavy atom. The van der Waals surface area contributed by atoms with Crippen LogP contribution in [0.15, 0.2) is 6.07 Å². The smallest absolute Gasteiger partial charge is 0.265 e. The number of aromatic nitrogens is 2. The van der Waals surface area contributed by atoms with Crippen LogP contribution in [0.3, 0.4) is 0 Å². The van der Waals surface area contributed by atoms with Gasteiger partial charge in [0.2, 0.25) is 0 Å². The summed E-state index contributed by atoms with van der Waals surface area (Å²) >= 11 is 0. The zero-order valence-corrected chi connectivity index (χ0v) is 8.00. The highest BCUT2D eigenvalue weighted by molar-refractivity contribution is 5.74. The Kier molecular flexibility index (Phi) is 3.02. The molecule has 0 saturated heterocycles. The summed E-state index contributed by atoms with van der Waals surface area (Å²) < 4.78 is 1.63. The number of hydrogen-bond acceptors (Lipinski definition) is 3. The molecule has 1 amide bonds. The minimum atomic E-state index is -0.214. The number of rotatable bonds is 3. The Balaban J connectivity index is 2.63. The van der Waals surface area contributed by atoms with Crippen LogP contribution in [0.4, 0.5) is 0 Å². The number of amides is 1. The van der Waals surface area contributed by atoms with Crippen LogP contribution in [-0.2, 0) is 16.2 Å². The van der Waals surface area contributed by atoms with Crippen molar-refractivity contribution in [2.45, 2.75) is 20.4 Å². The van der Waals surface area contributed by atoms with E-state index in [4.69, 9.17) is 0 Å². The van der Waals surface area contributed by atoms with E-state index in [1.165, 1.54) is 7.11 Å². The summed E-state index contributed by atoms with van der Waals surface area (Å²) in [6.07, 6.45) is 0. The summed E-state index contributed by atoms with van der Waals surface area (Å²) in [5.41, 5.74) is 4.10. The zero-order valence-electron chi connectivity index (χ0n) is 8.00. The van der Waals surface area contributed by atoms with E-state index >= 15 is 0 Å². The molecule has 0 unspecified atom stereocenters. The largest absolute Gasteiger partial charge is 0.277 e. The first-order valence-corrected chi connectivity index (χ1v) is 3.96. The van der Waals surface area contributed by atoms with Gasteiger partial charge in [0.1, 0.15) is 6.54 Å². The number of aryl methyl sites for hydroxylation is 2. The van der Waals surface area contributed by atoms with Gasteiger partial charge in [0.15, 0.2) is 0 Å². The average molecular weight is 183 g/mol. The van der Waals surface area contributed by atoms with E-state index in [2.05, 4.69) is 15.4 Å². The maximum atomic E-state index is 11.1. The molecule has 72 valence electrons. The first-order chi connectivity index (χ1) is 6.13. The number of nitrogens with zero attached hydrogens (tertiary/aromatic N) is 2. The van der Waals surface area contributed by atoms with Crippen LogP contribution >= 0.6 is 0 Å². The fourth-order valence-electron chi connectivity index (χ4n) is 1.12. The maximum absolute atomic E-state index is 11.1. The lowest BCUT2D eigenvalue weighted by Crippen LogP contribution is -2.27. The molecule has 5 nitrogen and oxygen atoms in total. The second-order valence-electron chi connectivity index (χ2n) is 2.81. The molecule has 0 aliphatic carbocycles. The summed E-state index contributed by atoms with van der Waals surface area (Å²) in [4.78, 5) is 15.6. The lowest BCUT2D eigenvalue weighted by Gasteiger charge is -2.03. The molecule has 0 aromatic carbocycles. The van der Waals surface area contributed by atoms with E-state index in [-0.39, 0.29) is 12.5 Å². The topological polar surface area (TPSA) is 56.1 Å². The lowest BCUT2D eigenvalue weighted by atomic mass is 10.4. The van der Waals surface area contributed by atoms with Crippen LogP contribution < -0.4 is 5.48 Å².